The molecule has 0 saturated carbocycles. The molecule has 0 fully saturated rings. The number of nitrogens with one attached hydrogen (secondary N) is 1. The molecule has 0 spiro atoms. The van der Waals surface area contributed by atoms with E-state index < -0.39 is 6.09 Å². The Balaban J connectivity index is 2.07. The number of rotatable bonds is 9. The number of nitrogens with zero attached hydrogens (tertiary/aromatic N) is 1. The van der Waals surface area contributed by atoms with E-state index in [0.717, 1.165) is 40.1 Å². The van der Waals surface area contributed by atoms with Crippen molar-refractivity contribution < 1.29 is 19.7 Å². The fraction of sp³-hybridized carbons (Fsp3) is 0.192. The Morgan fingerprint density at radius 3 is 2.03 bits per heavy atom. The number of hydrogen-bond donors (Lipinski definition) is 3. The number of likely N-dealkylation sites (N-methyl/N-ethyl adjacent to an activating group) is 1. The topological polar surface area (TPSA) is 82.0 Å². The molecule has 3 aromatic rings. The second-order valence-corrected chi connectivity index (χ2v) is 7.60. The third kappa shape index (κ3) is 6.36. The lowest BCUT2D eigenvalue weighted by Crippen LogP contribution is -2.23. The molecular formula is C26H28N2O4. The average molecular weight is 433 g/mol. The molecule has 0 heterocycles. The van der Waals surface area contributed by atoms with Crippen molar-refractivity contribution in [2.45, 2.75) is 0 Å². The smallest absolute Gasteiger partial charge is 0.404 e. The minimum atomic E-state index is -1.09. The van der Waals surface area contributed by atoms with E-state index in [1.54, 1.807) is 12.1 Å². The van der Waals surface area contributed by atoms with Crippen LogP contribution in [0.1, 0.15) is 16.7 Å². The number of hydrogen-bond acceptors (Lipinski definition) is 4. The van der Waals surface area contributed by atoms with Gasteiger partial charge in [0, 0.05) is 13.1 Å². The molecule has 0 aliphatic rings. The summed E-state index contributed by atoms with van der Waals surface area (Å²) in [6, 6.07) is 24.4. The summed E-state index contributed by atoms with van der Waals surface area (Å²) in [6.45, 7) is 1.54. The molecule has 0 bridgehead atoms. The number of ether oxygens (including phenoxy) is 1. The van der Waals surface area contributed by atoms with Gasteiger partial charge in [0.15, 0.2) is 0 Å². The molecule has 0 aromatic heterocycles. The molecule has 3 N–H and O–H groups in total. The maximum absolute atomic E-state index is 11.3. The Morgan fingerprint density at radius 1 is 0.875 bits per heavy atom. The molecule has 0 unspecified atom stereocenters. The van der Waals surface area contributed by atoms with Crippen LogP contribution in [0.4, 0.5) is 4.79 Å². The maximum atomic E-state index is 11.3. The van der Waals surface area contributed by atoms with Gasteiger partial charge in [-0.15, -0.1) is 0 Å². The zero-order valence-corrected chi connectivity index (χ0v) is 18.3. The van der Waals surface area contributed by atoms with Crippen LogP contribution in [0.3, 0.4) is 0 Å². The highest BCUT2D eigenvalue weighted by molar-refractivity contribution is 5.99. The Kier molecular flexibility index (Phi) is 7.89. The second-order valence-electron chi connectivity index (χ2n) is 7.60. The van der Waals surface area contributed by atoms with Crippen LogP contribution in [-0.2, 0) is 0 Å². The molecule has 0 aliphatic carbocycles. The van der Waals surface area contributed by atoms with E-state index in [1.807, 2.05) is 80.8 Å². The molecule has 3 aromatic carbocycles. The van der Waals surface area contributed by atoms with Crippen LogP contribution < -0.4 is 10.1 Å². The molecule has 0 atom stereocenters. The quantitative estimate of drug-likeness (QED) is 0.432. The van der Waals surface area contributed by atoms with Crippen LogP contribution >= 0.6 is 0 Å². The molecule has 32 heavy (non-hydrogen) atoms. The molecule has 6 heteroatoms. The summed E-state index contributed by atoms with van der Waals surface area (Å²) in [6.07, 6.45) is -1.09. The molecule has 166 valence electrons. The van der Waals surface area contributed by atoms with Gasteiger partial charge in [-0.3, -0.25) is 0 Å². The number of carboxylic acid groups (broad SMARTS) is 1. The summed E-state index contributed by atoms with van der Waals surface area (Å²) in [7, 11) is 3.99. The first-order chi connectivity index (χ1) is 15.4. The summed E-state index contributed by atoms with van der Waals surface area (Å²) in [4.78, 5) is 13.3. The van der Waals surface area contributed by atoms with Gasteiger partial charge in [-0.1, -0.05) is 54.6 Å². The van der Waals surface area contributed by atoms with E-state index in [1.165, 1.54) is 0 Å². The summed E-state index contributed by atoms with van der Waals surface area (Å²) in [5, 5.41) is 21.5. The minimum Gasteiger partial charge on any atom is -0.508 e. The first-order valence-corrected chi connectivity index (χ1v) is 10.4. The van der Waals surface area contributed by atoms with E-state index in [4.69, 9.17) is 4.74 Å². The van der Waals surface area contributed by atoms with Crippen molar-refractivity contribution in [1.82, 2.24) is 10.2 Å². The molecular weight excluding hydrogens is 404 g/mol. The standard InChI is InChI=1S/C26H28N2O4/c1-28(2)16-17-32-23-14-10-21(11-15-23)25(20-8-12-22(29)13-9-20)24(18-27-26(30)31)19-6-4-3-5-7-19/h3-15,27,29H,16-18H2,1-2H3,(H,30,31)/b25-24+. The van der Waals surface area contributed by atoms with Crippen LogP contribution in [-0.4, -0.2) is 55.0 Å². The molecule has 0 saturated heterocycles. The lowest BCUT2D eigenvalue weighted by Gasteiger charge is -2.18. The predicted molar refractivity (Wildman–Crippen MR) is 127 cm³/mol. The normalized spacial score (nSPS) is 11.7. The first kappa shape index (κ1) is 22.9. The van der Waals surface area contributed by atoms with Gasteiger partial charge in [-0.05, 0) is 66.2 Å². The SMILES string of the molecule is CN(C)CCOc1ccc(/C(=C(\CNC(=O)O)c2ccccc2)c2ccc(O)cc2)cc1. The zero-order valence-electron chi connectivity index (χ0n) is 18.3. The Labute approximate surface area is 188 Å². The Bertz CT molecular complexity index is 1040. The van der Waals surface area contributed by atoms with Crippen LogP contribution in [0.15, 0.2) is 78.9 Å². The zero-order chi connectivity index (χ0) is 22.9. The summed E-state index contributed by atoms with van der Waals surface area (Å²) < 4.78 is 5.82. The van der Waals surface area contributed by atoms with Crippen molar-refractivity contribution in [3.8, 4) is 11.5 Å². The van der Waals surface area contributed by atoms with E-state index in [-0.39, 0.29) is 12.3 Å². The Hall–Kier alpha value is -3.77. The van der Waals surface area contributed by atoms with Crippen LogP contribution in [0.5, 0.6) is 11.5 Å². The number of phenols is 1. The van der Waals surface area contributed by atoms with Gasteiger partial charge >= 0.3 is 6.09 Å². The second kappa shape index (κ2) is 11.0. The van der Waals surface area contributed by atoms with Gasteiger partial charge in [-0.25, -0.2) is 4.79 Å². The molecule has 3 rings (SSSR count). The lowest BCUT2D eigenvalue weighted by atomic mass is 9.89. The predicted octanol–water partition coefficient (Wildman–Crippen LogP) is 4.56. The number of carbonyl (C=O) groups is 1. The van der Waals surface area contributed by atoms with Crippen LogP contribution in [0.25, 0.3) is 11.1 Å². The number of benzene rings is 3. The molecule has 0 radical (unpaired) electrons. The number of amides is 1. The maximum Gasteiger partial charge on any atom is 0.404 e. The van der Waals surface area contributed by atoms with Gasteiger partial charge in [0.2, 0.25) is 0 Å². The average Bonchev–Trinajstić information content (AvgIpc) is 2.78. The third-order valence-corrected chi connectivity index (χ3v) is 4.95. The van der Waals surface area contributed by atoms with Gasteiger partial charge in [-0.2, -0.15) is 0 Å². The Morgan fingerprint density at radius 2 is 1.47 bits per heavy atom. The van der Waals surface area contributed by atoms with Gasteiger partial charge in [0.05, 0.1) is 0 Å². The number of aromatic hydroxyl groups is 1. The van der Waals surface area contributed by atoms with Crippen LogP contribution in [0.2, 0.25) is 0 Å². The van der Waals surface area contributed by atoms with E-state index in [2.05, 4.69) is 10.2 Å². The number of phenolic OH excluding ortho intramolecular Hbond substituents is 1. The lowest BCUT2D eigenvalue weighted by molar-refractivity contribution is 0.196. The van der Waals surface area contributed by atoms with E-state index in [9.17, 15) is 15.0 Å². The van der Waals surface area contributed by atoms with Crippen LogP contribution in [0, 0.1) is 0 Å². The third-order valence-electron chi connectivity index (χ3n) is 4.95. The highest BCUT2D eigenvalue weighted by Crippen LogP contribution is 2.33. The van der Waals surface area contributed by atoms with Crippen molar-refractivity contribution in [1.29, 1.82) is 0 Å². The molecule has 6 nitrogen and oxygen atoms in total. The van der Waals surface area contributed by atoms with E-state index in [0.29, 0.717) is 6.61 Å². The van der Waals surface area contributed by atoms with Crippen molar-refractivity contribution in [2.75, 3.05) is 33.8 Å². The van der Waals surface area contributed by atoms with E-state index >= 15 is 0 Å². The van der Waals surface area contributed by atoms with Crippen molar-refractivity contribution in [3.63, 3.8) is 0 Å². The fourth-order valence-corrected chi connectivity index (χ4v) is 3.35. The molecule has 1 amide bonds. The molecule has 0 aliphatic heterocycles. The first-order valence-electron chi connectivity index (χ1n) is 10.4. The highest BCUT2D eigenvalue weighted by atomic mass is 16.5. The summed E-state index contributed by atoms with van der Waals surface area (Å²) in [5.41, 5.74) is 4.41. The van der Waals surface area contributed by atoms with Gasteiger partial charge < -0.3 is 25.2 Å². The minimum absolute atomic E-state index is 0.136. The largest absolute Gasteiger partial charge is 0.508 e. The van der Waals surface area contributed by atoms with Crippen molar-refractivity contribution in [2.24, 2.45) is 0 Å². The summed E-state index contributed by atoms with van der Waals surface area (Å²) in [5.74, 6) is 0.938. The summed E-state index contributed by atoms with van der Waals surface area (Å²) >= 11 is 0. The van der Waals surface area contributed by atoms with Gasteiger partial charge in [0.25, 0.3) is 0 Å². The van der Waals surface area contributed by atoms with Gasteiger partial charge in [0.1, 0.15) is 18.1 Å². The fourth-order valence-electron chi connectivity index (χ4n) is 3.35. The monoisotopic (exact) mass is 432 g/mol. The highest BCUT2D eigenvalue weighted by Gasteiger charge is 2.15. The van der Waals surface area contributed by atoms with Crippen molar-refractivity contribution >= 4 is 17.2 Å². The van der Waals surface area contributed by atoms with Crippen molar-refractivity contribution in [3.05, 3.63) is 95.6 Å².